The largest absolute Gasteiger partial charge is 0.345 e. The molecule has 2 aliphatic heterocycles. The molecule has 0 aliphatic carbocycles. The van der Waals surface area contributed by atoms with Crippen LogP contribution in [0.4, 0.5) is 5.82 Å². The zero-order valence-corrected chi connectivity index (χ0v) is 13.5. The summed E-state index contributed by atoms with van der Waals surface area (Å²) in [4.78, 5) is 18.9. The summed E-state index contributed by atoms with van der Waals surface area (Å²) >= 11 is 6.67. The van der Waals surface area contributed by atoms with Crippen LogP contribution >= 0.6 is 11.6 Å². The van der Waals surface area contributed by atoms with Crippen LogP contribution in [-0.2, 0) is 4.79 Å². The summed E-state index contributed by atoms with van der Waals surface area (Å²) in [6.45, 7) is 8.81. The Morgan fingerprint density at radius 1 is 1.29 bits per heavy atom. The van der Waals surface area contributed by atoms with Gasteiger partial charge in [-0.25, -0.2) is 4.98 Å². The molecule has 5 heteroatoms. The molecule has 0 aromatic carbocycles. The molecule has 114 valence electrons. The van der Waals surface area contributed by atoms with Crippen LogP contribution in [0.1, 0.15) is 13.8 Å². The Kier molecular flexibility index (Phi) is 3.93. The van der Waals surface area contributed by atoms with Crippen molar-refractivity contribution in [3.05, 3.63) is 24.4 Å². The number of ketones is 1. The van der Waals surface area contributed by atoms with Gasteiger partial charge in [0, 0.05) is 6.20 Å². The fourth-order valence-electron chi connectivity index (χ4n) is 3.86. The predicted molar refractivity (Wildman–Crippen MR) is 84.3 cm³/mol. The third-order valence-corrected chi connectivity index (χ3v) is 5.90. The van der Waals surface area contributed by atoms with Crippen molar-refractivity contribution in [2.24, 2.45) is 11.8 Å². The van der Waals surface area contributed by atoms with Crippen LogP contribution in [0.3, 0.4) is 0 Å². The minimum atomic E-state index is -0.0837. The van der Waals surface area contributed by atoms with Crippen molar-refractivity contribution in [3.8, 4) is 0 Å². The summed E-state index contributed by atoms with van der Waals surface area (Å²) in [5, 5.41) is 0. The highest BCUT2D eigenvalue weighted by Gasteiger charge is 2.50. The molecule has 0 N–H and O–H groups in total. The molecular weight excluding hydrogens is 286 g/mol. The standard InChI is InChI=1S/C16H23ClN3O/c1-12-11-20(16(17)13(2)15(12)21)9-7-19(8-10-20)14-5-3-4-6-18-14/h3-6,12-13,16H,7-11H2,1-2H3/q+1. The lowest BCUT2D eigenvalue weighted by atomic mass is 9.87. The Labute approximate surface area is 131 Å². The molecular formula is C16H23ClN3O+. The number of rotatable bonds is 1. The van der Waals surface area contributed by atoms with Crippen molar-refractivity contribution in [3.63, 3.8) is 0 Å². The predicted octanol–water partition coefficient (Wildman–Crippen LogP) is 2.14. The fourth-order valence-corrected chi connectivity index (χ4v) is 4.26. The number of piperidine rings is 1. The van der Waals surface area contributed by atoms with E-state index in [9.17, 15) is 4.79 Å². The summed E-state index contributed by atoms with van der Waals surface area (Å²) in [6.07, 6.45) is 1.84. The smallest absolute Gasteiger partial charge is 0.174 e. The number of alkyl halides is 1. The van der Waals surface area contributed by atoms with Crippen molar-refractivity contribution >= 4 is 23.2 Å². The first-order valence-corrected chi connectivity index (χ1v) is 8.17. The van der Waals surface area contributed by atoms with Crippen molar-refractivity contribution in [1.29, 1.82) is 0 Å². The van der Waals surface area contributed by atoms with Crippen molar-refractivity contribution in [2.75, 3.05) is 37.6 Å². The normalized spacial score (nSPS) is 32.4. The number of hydrogen-bond donors (Lipinski definition) is 0. The Balaban J connectivity index is 1.74. The van der Waals surface area contributed by atoms with Crippen LogP contribution in [0.5, 0.6) is 0 Å². The second-order valence-electron chi connectivity index (χ2n) is 6.49. The van der Waals surface area contributed by atoms with E-state index in [0.29, 0.717) is 5.78 Å². The third kappa shape index (κ3) is 2.55. The van der Waals surface area contributed by atoms with Gasteiger partial charge in [-0.3, -0.25) is 4.79 Å². The van der Waals surface area contributed by atoms with Gasteiger partial charge in [0.1, 0.15) is 5.82 Å². The number of anilines is 1. The molecule has 2 fully saturated rings. The van der Waals surface area contributed by atoms with Gasteiger partial charge in [-0.2, -0.15) is 0 Å². The Morgan fingerprint density at radius 2 is 2.00 bits per heavy atom. The number of aromatic nitrogens is 1. The van der Waals surface area contributed by atoms with Gasteiger partial charge in [0.15, 0.2) is 11.3 Å². The Bertz CT molecular complexity index is 514. The summed E-state index contributed by atoms with van der Waals surface area (Å²) in [6, 6.07) is 6.02. The summed E-state index contributed by atoms with van der Waals surface area (Å²) in [5.41, 5.74) is -0.0837. The number of halogens is 1. The number of nitrogens with zero attached hydrogens (tertiary/aromatic N) is 3. The third-order valence-electron chi connectivity index (χ3n) is 5.11. The molecule has 4 nitrogen and oxygen atoms in total. The van der Waals surface area contributed by atoms with Crippen LogP contribution in [-0.4, -0.2) is 53.5 Å². The van der Waals surface area contributed by atoms with Crippen LogP contribution in [0.2, 0.25) is 0 Å². The molecule has 2 saturated heterocycles. The maximum Gasteiger partial charge on any atom is 0.174 e. The molecule has 3 unspecified atom stereocenters. The van der Waals surface area contributed by atoms with E-state index in [1.54, 1.807) is 0 Å². The number of hydrogen-bond acceptors (Lipinski definition) is 3. The quantitative estimate of drug-likeness (QED) is 0.453. The maximum atomic E-state index is 12.1. The number of carbonyl (C=O) groups is 1. The van der Waals surface area contributed by atoms with Crippen LogP contribution in [0, 0.1) is 11.8 Å². The molecule has 1 aromatic rings. The zero-order chi connectivity index (χ0) is 15.0. The average molecular weight is 309 g/mol. The van der Waals surface area contributed by atoms with Gasteiger partial charge in [0.25, 0.3) is 0 Å². The van der Waals surface area contributed by atoms with Gasteiger partial charge in [-0.15, -0.1) is 0 Å². The van der Waals surface area contributed by atoms with Gasteiger partial charge < -0.3 is 9.38 Å². The van der Waals surface area contributed by atoms with Crippen LogP contribution < -0.4 is 4.90 Å². The highest BCUT2D eigenvalue weighted by molar-refractivity contribution is 6.21. The van der Waals surface area contributed by atoms with Crippen LogP contribution in [0.25, 0.3) is 0 Å². The first-order valence-electron chi connectivity index (χ1n) is 7.73. The average Bonchev–Trinajstić information content (AvgIpc) is 2.53. The van der Waals surface area contributed by atoms with E-state index in [1.807, 2.05) is 32.2 Å². The van der Waals surface area contributed by atoms with E-state index in [-0.39, 0.29) is 17.3 Å². The lowest BCUT2D eigenvalue weighted by molar-refractivity contribution is -0.946. The molecule has 1 aromatic heterocycles. The number of quaternary nitrogens is 1. The molecule has 0 radical (unpaired) electrons. The van der Waals surface area contributed by atoms with E-state index in [2.05, 4.69) is 16.0 Å². The number of piperazine rings is 1. The van der Waals surface area contributed by atoms with E-state index < -0.39 is 0 Å². The zero-order valence-electron chi connectivity index (χ0n) is 12.7. The van der Waals surface area contributed by atoms with Gasteiger partial charge in [0.2, 0.25) is 0 Å². The van der Waals surface area contributed by atoms with E-state index in [1.165, 1.54) is 0 Å². The number of carbonyl (C=O) groups excluding carboxylic acids is 1. The van der Waals surface area contributed by atoms with Crippen LogP contribution in [0.15, 0.2) is 24.4 Å². The molecule has 3 atom stereocenters. The van der Waals surface area contributed by atoms with Gasteiger partial charge in [-0.1, -0.05) is 24.6 Å². The highest BCUT2D eigenvalue weighted by atomic mass is 35.5. The molecule has 0 bridgehead atoms. The first kappa shape index (κ1) is 14.8. The minimum Gasteiger partial charge on any atom is -0.345 e. The molecule has 0 amide bonds. The molecule has 3 rings (SSSR count). The Hall–Kier alpha value is -1.13. The second-order valence-corrected chi connectivity index (χ2v) is 6.94. The summed E-state index contributed by atoms with van der Waals surface area (Å²) in [5.74, 6) is 1.44. The van der Waals surface area contributed by atoms with E-state index in [4.69, 9.17) is 11.6 Å². The summed E-state index contributed by atoms with van der Waals surface area (Å²) in [7, 11) is 0. The van der Waals surface area contributed by atoms with E-state index >= 15 is 0 Å². The van der Waals surface area contributed by atoms with Gasteiger partial charge in [0.05, 0.1) is 44.6 Å². The Morgan fingerprint density at radius 3 is 2.62 bits per heavy atom. The monoisotopic (exact) mass is 308 g/mol. The van der Waals surface area contributed by atoms with E-state index in [0.717, 1.165) is 43.0 Å². The lowest BCUT2D eigenvalue weighted by Gasteiger charge is -2.52. The fraction of sp³-hybridized carbons (Fsp3) is 0.625. The minimum absolute atomic E-state index is 0.0446. The van der Waals surface area contributed by atoms with Crippen molar-refractivity contribution in [1.82, 2.24) is 4.98 Å². The molecule has 2 aliphatic rings. The van der Waals surface area contributed by atoms with Gasteiger partial charge in [-0.05, 0) is 19.1 Å². The molecule has 3 heterocycles. The van der Waals surface area contributed by atoms with Crippen molar-refractivity contribution in [2.45, 2.75) is 19.3 Å². The number of Topliss-reactive ketones (excluding diaryl/α,β-unsaturated/α-hetero) is 1. The molecule has 21 heavy (non-hydrogen) atoms. The van der Waals surface area contributed by atoms with Gasteiger partial charge >= 0.3 is 0 Å². The maximum absolute atomic E-state index is 12.1. The number of pyridine rings is 1. The second kappa shape index (κ2) is 5.58. The van der Waals surface area contributed by atoms with Crippen molar-refractivity contribution < 1.29 is 9.28 Å². The SMILES string of the molecule is CC1C[N+]2(CCN(c3ccccn3)CC2)C(Cl)C(C)C1=O. The molecule has 0 saturated carbocycles. The lowest BCUT2D eigenvalue weighted by Crippen LogP contribution is -2.69. The molecule has 1 spiro atoms. The topological polar surface area (TPSA) is 33.2 Å². The highest BCUT2D eigenvalue weighted by Crippen LogP contribution is 2.35. The first-order chi connectivity index (χ1) is 10.0. The summed E-state index contributed by atoms with van der Waals surface area (Å²) < 4.78 is 0.874.